The Labute approximate surface area is 120 Å². The number of nitrogens with zero attached hydrogens (tertiary/aromatic N) is 1. The molecule has 0 aliphatic carbocycles. The van der Waals surface area contributed by atoms with Crippen LogP contribution >= 0.6 is 23.6 Å². The second-order valence-corrected chi connectivity index (χ2v) is 7.68. The lowest BCUT2D eigenvalue weighted by atomic mass is 10.4. The Morgan fingerprint density at radius 3 is 2.79 bits per heavy atom. The maximum absolute atomic E-state index is 12.4. The Kier molecular flexibility index (Phi) is 4.19. The molecular formula is C10H13N3O3S3. The molecule has 0 unspecified atom stereocenters. The van der Waals surface area contributed by atoms with E-state index in [2.05, 4.69) is 5.32 Å². The summed E-state index contributed by atoms with van der Waals surface area (Å²) in [6.45, 7) is 0.786. The number of hydrogen-bond acceptors (Lipinski definition) is 5. The van der Waals surface area contributed by atoms with E-state index in [1.807, 2.05) is 0 Å². The fourth-order valence-corrected chi connectivity index (χ4v) is 4.65. The summed E-state index contributed by atoms with van der Waals surface area (Å²) in [7, 11) is -3.58. The average Bonchev–Trinajstić information content (AvgIpc) is 2.74. The summed E-state index contributed by atoms with van der Waals surface area (Å²) < 4.78 is 26.3. The van der Waals surface area contributed by atoms with Crippen molar-refractivity contribution in [1.29, 1.82) is 0 Å². The molecule has 1 aromatic rings. The van der Waals surface area contributed by atoms with Gasteiger partial charge in [0.15, 0.2) is 0 Å². The number of rotatable bonds is 3. The molecule has 1 aliphatic heterocycles. The molecule has 6 nitrogen and oxygen atoms in total. The number of amides is 1. The Morgan fingerprint density at radius 2 is 2.16 bits per heavy atom. The quantitative estimate of drug-likeness (QED) is 0.759. The van der Waals surface area contributed by atoms with Gasteiger partial charge in [0.05, 0.1) is 4.88 Å². The Morgan fingerprint density at radius 1 is 1.42 bits per heavy atom. The van der Waals surface area contributed by atoms with E-state index in [9.17, 15) is 13.2 Å². The summed E-state index contributed by atoms with van der Waals surface area (Å²) in [6.07, 6.45) is 0.173. The number of carbonyl (C=O) groups excluding carboxylic acids is 1. The third-order valence-corrected chi connectivity index (χ3v) is 6.52. The normalized spacial score (nSPS) is 17.8. The van der Waals surface area contributed by atoms with E-state index >= 15 is 0 Å². The van der Waals surface area contributed by atoms with Gasteiger partial charge in [-0.3, -0.25) is 4.79 Å². The van der Waals surface area contributed by atoms with E-state index in [4.69, 9.17) is 18.0 Å². The highest BCUT2D eigenvalue weighted by Crippen LogP contribution is 2.25. The SMILES string of the molecule is NC(=S)c1ccc(S(=O)(=O)N2CCNC(=O)CC2)s1. The maximum Gasteiger partial charge on any atom is 0.252 e. The lowest BCUT2D eigenvalue weighted by Crippen LogP contribution is -2.33. The molecule has 1 fully saturated rings. The predicted octanol–water partition coefficient (Wildman–Crippen LogP) is -0.107. The molecule has 0 bridgehead atoms. The van der Waals surface area contributed by atoms with Crippen LogP contribution in [0.3, 0.4) is 0 Å². The molecule has 1 aliphatic rings. The molecule has 0 spiro atoms. The molecule has 104 valence electrons. The first kappa shape index (κ1) is 14.4. The van der Waals surface area contributed by atoms with Crippen LogP contribution in [0.15, 0.2) is 16.3 Å². The zero-order valence-electron chi connectivity index (χ0n) is 9.96. The first-order valence-corrected chi connectivity index (χ1v) is 8.24. The van der Waals surface area contributed by atoms with E-state index in [0.717, 1.165) is 11.3 Å². The van der Waals surface area contributed by atoms with Crippen LogP contribution in [-0.2, 0) is 14.8 Å². The van der Waals surface area contributed by atoms with Crippen LogP contribution in [0.5, 0.6) is 0 Å². The molecule has 2 rings (SSSR count). The van der Waals surface area contributed by atoms with E-state index in [-0.39, 0.29) is 34.6 Å². The molecule has 9 heteroatoms. The van der Waals surface area contributed by atoms with Crippen LogP contribution in [-0.4, -0.2) is 43.3 Å². The summed E-state index contributed by atoms with van der Waals surface area (Å²) in [4.78, 5) is 12.0. The smallest absolute Gasteiger partial charge is 0.252 e. The van der Waals surface area contributed by atoms with Gasteiger partial charge in [0.1, 0.15) is 9.20 Å². The summed E-state index contributed by atoms with van der Waals surface area (Å²) in [5, 5.41) is 2.64. The third kappa shape index (κ3) is 3.11. The number of sulfonamides is 1. The van der Waals surface area contributed by atoms with Crippen LogP contribution < -0.4 is 11.1 Å². The fraction of sp³-hybridized carbons (Fsp3) is 0.400. The van der Waals surface area contributed by atoms with Gasteiger partial charge < -0.3 is 11.1 Å². The van der Waals surface area contributed by atoms with Gasteiger partial charge in [-0.15, -0.1) is 11.3 Å². The van der Waals surface area contributed by atoms with Crippen LogP contribution in [0.4, 0.5) is 0 Å². The predicted molar refractivity (Wildman–Crippen MR) is 76.6 cm³/mol. The van der Waals surface area contributed by atoms with Crippen molar-refractivity contribution < 1.29 is 13.2 Å². The van der Waals surface area contributed by atoms with Crippen LogP contribution in [0.2, 0.25) is 0 Å². The number of thiophene rings is 1. The minimum Gasteiger partial charge on any atom is -0.389 e. The van der Waals surface area contributed by atoms with Gasteiger partial charge in [0, 0.05) is 26.1 Å². The second-order valence-electron chi connectivity index (χ2n) is 3.99. The van der Waals surface area contributed by atoms with Crippen molar-refractivity contribution in [3.05, 3.63) is 17.0 Å². The molecule has 19 heavy (non-hydrogen) atoms. The van der Waals surface area contributed by atoms with Crippen molar-refractivity contribution in [3.8, 4) is 0 Å². The molecule has 0 radical (unpaired) electrons. The van der Waals surface area contributed by atoms with Gasteiger partial charge in [-0.25, -0.2) is 8.42 Å². The van der Waals surface area contributed by atoms with E-state index in [1.165, 1.54) is 10.4 Å². The summed E-state index contributed by atoms with van der Waals surface area (Å²) in [5.41, 5.74) is 5.47. The van der Waals surface area contributed by atoms with Crippen LogP contribution in [0.25, 0.3) is 0 Å². The van der Waals surface area contributed by atoms with Crippen molar-refractivity contribution in [3.63, 3.8) is 0 Å². The first-order chi connectivity index (χ1) is 8.91. The van der Waals surface area contributed by atoms with Gasteiger partial charge in [-0.05, 0) is 12.1 Å². The molecule has 2 heterocycles. The molecule has 0 saturated carbocycles. The fourth-order valence-electron chi connectivity index (χ4n) is 1.71. The average molecular weight is 319 g/mol. The maximum atomic E-state index is 12.4. The number of carbonyl (C=O) groups is 1. The van der Waals surface area contributed by atoms with Crippen molar-refractivity contribution in [2.45, 2.75) is 10.6 Å². The Bertz CT molecular complexity index is 609. The lowest BCUT2D eigenvalue weighted by Gasteiger charge is -2.17. The zero-order chi connectivity index (χ0) is 14.0. The number of nitrogens with one attached hydrogen (secondary N) is 1. The number of thiocarbonyl (C=S) groups is 1. The molecule has 0 atom stereocenters. The molecule has 1 saturated heterocycles. The van der Waals surface area contributed by atoms with Crippen molar-refractivity contribution in [2.24, 2.45) is 5.73 Å². The summed E-state index contributed by atoms with van der Waals surface area (Å²) >= 11 is 5.86. The summed E-state index contributed by atoms with van der Waals surface area (Å²) in [5.74, 6) is -0.132. The van der Waals surface area contributed by atoms with E-state index in [0.29, 0.717) is 11.4 Å². The van der Waals surface area contributed by atoms with E-state index in [1.54, 1.807) is 6.07 Å². The van der Waals surface area contributed by atoms with Gasteiger partial charge in [0.2, 0.25) is 5.91 Å². The van der Waals surface area contributed by atoms with Crippen molar-refractivity contribution >= 4 is 44.5 Å². The Hall–Kier alpha value is -1.03. The van der Waals surface area contributed by atoms with Crippen molar-refractivity contribution in [2.75, 3.05) is 19.6 Å². The van der Waals surface area contributed by atoms with Crippen LogP contribution in [0.1, 0.15) is 11.3 Å². The molecule has 3 N–H and O–H groups in total. The minimum atomic E-state index is -3.58. The standard InChI is InChI=1S/C10H13N3O3S3/c11-10(17)7-1-2-9(18-7)19(15,16)13-5-3-8(14)12-4-6-13/h1-2H,3-6H2,(H2,11,17)(H,12,14). The highest BCUT2D eigenvalue weighted by molar-refractivity contribution is 7.91. The third-order valence-electron chi connectivity index (χ3n) is 2.69. The Balaban J connectivity index is 2.25. The van der Waals surface area contributed by atoms with Gasteiger partial charge in [-0.2, -0.15) is 4.31 Å². The summed E-state index contributed by atoms with van der Waals surface area (Å²) in [6, 6.07) is 3.09. The lowest BCUT2D eigenvalue weighted by molar-refractivity contribution is -0.120. The van der Waals surface area contributed by atoms with Gasteiger partial charge >= 0.3 is 0 Å². The van der Waals surface area contributed by atoms with Gasteiger partial charge in [-0.1, -0.05) is 12.2 Å². The molecule has 1 aromatic heterocycles. The molecule has 0 aromatic carbocycles. The van der Waals surface area contributed by atoms with Crippen LogP contribution in [0, 0.1) is 0 Å². The molecule has 1 amide bonds. The molecular weight excluding hydrogens is 306 g/mol. The zero-order valence-corrected chi connectivity index (χ0v) is 12.4. The van der Waals surface area contributed by atoms with Crippen molar-refractivity contribution in [1.82, 2.24) is 9.62 Å². The van der Waals surface area contributed by atoms with Gasteiger partial charge in [0.25, 0.3) is 10.0 Å². The first-order valence-electron chi connectivity index (χ1n) is 5.58. The number of hydrogen-bond donors (Lipinski definition) is 2. The van der Waals surface area contributed by atoms with E-state index < -0.39 is 10.0 Å². The monoisotopic (exact) mass is 319 g/mol. The second kappa shape index (κ2) is 5.53. The highest BCUT2D eigenvalue weighted by Gasteiger charge is 2.28. The number of nitrogens with two attached hydrogens (primary N) is 1. The largest absolute Gasteiger partial charge is 0.389 e. The highest BCUT2D eigenvalue weighted by atomic mass is 32.2. The topological polar surface area (TPSA) is 92.5 Å². The minimum absolute atomic E-state index is 0.132.